The van der Waals surface area contributed by atoms with Crippen LogP contribution in [0.4, 0.5) is 11.5 Å². The van der Waals surface area contributed by atoms with Crippen LogP contribution in [-0.4, -0.2) is 34.7 Å². The lowest BCUT2D eigenvalue weighted by atomic mass is 9.81. The number of fused-ring (bicyclic) bond motifs is 1. The van der Waals surface area contributed by atoms with Crippen molar-refractivity contribution in [2.45, 2.75) is 25.7 Å². The van der Waals surface area contributed by atoms with Gasteiger partial charge in [0.05, 0.1) is 18.5 Å². The Morgan fingerprint density at radius 3 is 2.57 bits per heavy atom. The maximum atomic E-state index is 13.0. The molecule has 2 N–H and O–H groups in total. The molecular weight excluding hydrogens is 358 g/mol. The highest BCUT2D eigenvalue weighted by atomic mass is 16.5. The van der Waals surface area contributed by atoms with Crippen LogP contribution in [-0.2, 0) is 11.8 Å². The highest BCUT2D eigenvalue weighted by molar-refractivity contribution is 6.10. The number of rotatable bonds is 4. The predicted octanol–water partition coefficient (Wildman–Crippen LogP) is 2.58. The SMILES string of the molecule is COc1nc(N)c2c(n1)CCN(c1ccc(C(C)(C)c3ccon3)cc1)C2=O. The molecule has 8 heteroatoms. The van der Waals surface area contributed by atoms with Crippen molar-refractivity contribution < 1.29 is 14.1 Å². The van der Waals surface area contributed by atoms with E-state index in [-0.39, 0.29) is 23.2 Å². The summed E-state index contributed by atoms with van der Waals surface area (Å²) in [6.07, 6.45) is 2.15. The molecule has 0 fully saturated rings. The molecule has 0 radical (unpaired) electrons. The molecule has 4 rings (SSSR count). The van der Waals surface area contributed by atoms with Crippen molar-refractivity contribution in [3.8, 4) is 6.01 Å². The van der Waals surface area contributed by atoms with Crippen molar-refractivity contribution in [1.82, 2.24) is 15.1 Å². The van der Waals surface area contributed by atoms with Crippen LogP contribution in [0.1, 0.15) is 41.2 Å². The zero-order valence-electron chi connectivity index (χ0n) is 16.0. The van der Waals surface area contributed by atoms with Gasteiger partial charge in [0.1, 0.15) is 17.6 Å². The second kappa shape index (κ2) is 6.63. The maximum Gasteiger partial charge on any atom is 0.318 e. The predicted molar refractivity (Wildman–Crippen MR) is 103 cm³/mol. The van der Waals surface area contributed by atoms with E-state index < -0.39 is 0 Å². The maximum absolute atomic E-state index is 13.0. The van der Waals surface area contributed by atoms with Gasteiger partial charge in [-0.1, -0.05) is 31.1 Å². The number of carbonyl (C=O) groups excluding carboxylic acids is 1. The molecule has 1 aliphatic heterocycles. The minimum Gasteiger partial charge on any atom is -0.467 e. The van der Waals surface area contributed by atoms with E-state index >= 15 is 0 Å². The summed E-state index contributed by atoms with van der Waals surface area (Å²) in [7, 11) is 1.47. The number of hydrogen-bond acceptors (Lipinski definition) is 7. The average Bonchev–Trinajstić information content (AvgIpc) is 3.23. The first-order valence-electron chi connectivity index (χ1n) is 8.95. The number of aromatic nitrogens is 3. The average molecular weight is 379 g/mol. The van der Waals surface area contributed by atoms with Gasteiger partial charge < -0.3 is 19.9 Å². The normalized spacial score (nSPS) is 14.1. The Kier molecular flexibility index (Phi) is 4.26. The molecule has 0 unspecified atom stereocenters. The molecule has 144 valence electrons. The lowest BCUT2D eigenvalue weighted by Crippen LogP contribution is -2.39. The zero-order valence-corrected chi connectivity index (χ0v) is 16.0. The summed E-state index contributed by atoms with van der Waals surface area (Å²) < 4.78 is 10.0. The summed E-state index contributed by atoms with van der Waals surface area (Å²) in [6, 6.07) is 9.90. The van der Waals surface area contributed by atoms with E-state index in [4.69, 9.17) is 15.0 Å². The summed E-state index contributed by atoms with van der Waals surface area (Å²) in [5.41, 5.74) is 9.37. The quantitative estimate of drug-likeness (QED) is 0.742. The van der Waals surface area contributed by atoms with Crippen LogP contribution in [0.5, 0.6) is 6.01 Å². The number of methoxy groups -OCH3 is 1. The van der Waals surface area contributed by atoms with Gasteiger partial charge in [0.2, 0.25) is 0 Å². The molecule has 1 aromatic carbocycles. The van der Waals surface area contributed by atoms with Crippen LogP contribution >= 0.6 is 0 Å². The Labute approximate surface area is 162 Å². The molecule has 0 aliphatic carbocycles. The van der Waals surface area contributed by atoms with Gasteiger partial charge in [0, 0.05) is 30.1 Å². The molecule has 0 saturated carbocycles. The number of benzene rings is 1. The number of anilines is 2. The molecule has 3 aromatic rings. The van der Waals surface area contributed by atoms with Crippen LogP contribution in [0, 0.1) is 0 Å². The van der Waals surface area contributed by atoms with Gasteiger partial charge in [-0.2, -0.15) is 9.97 Å². The van der Waals surface area contributed by atoms with Crippen molar-refractivity contribution in [2.75, 3.05) is 24.3 Å². The third kappa shape index (κ3) is 2.87. The second-order valence-corrected chi connectivity index (χ2v) is 7.18. The molecule has 0 atom stereocenters. The van der Waals surface area contributed by atoms with Crippen LogP contribution in [0.25, 0.3) is 0 Å². The number of hydrogen-bond donors (Lipinski definition) is 1. The Hall–Kier alpha value is -3.42. The van der Waals surface area contributed by atoms with E-state index in [2.05, 4.69) is 29.0 Å². The summed E-state index contributed by atoms with van der Waals surface area (Å²) in [4.78, 5) is 23.0. The van der Waals surface area contributed by atoms with Gasteiger partial charge in [-0.15, -0.1) is 0 Å². The van der Waals surface area contributed by atoms with Gasteiger partial charge in [-0.05, 0) is 17.7 Å². The summed E-state index contributed by atoms with van der Waals surface area (Å²) in [6.45, 7) is 4.67. The van der Waals surface area contributed by atoms with E-state index in [1.165, 1.54) is 7.11 Å². The topological polar surface area (TPSA) is 107 Å². The molecule has 8 nitrogen and oxygen atoms in total. The van der Waals surface area contributed by atoms with Crippen molar-refractivity contribution in [3.05, 3.63) is 59.1 Å². The molecule has 0 spiro atoms. The van der Waals surface area contributed by atoms with Crippen LogP contribution in [0.2, 0.25) is 0 Å². The van der Waals surface area contributed by atoms with Crippen LogP contribution < -0.4 is 15.4 Å². The first kappa shape index (κ1) is 18.0. The van der Waals surface area contributed by atoms with Crippen molar-refractivity contribution >= 4 is 17.4 Å². The zero-order chi connectivity index (χ0) is 19.9. The molecule has 28 heavy (non-hydrogen) atoms. The highest BCUT2D eigenvalue weighted by Crippen LogP contribution is 2.33. The second-order valence-electron chi connectivity index (χ2n) is 7.18. The summed E-state index contributed by atoms with van der Waals surface area (Å²) in [5.74, 6) is -0.0646. The Bertz CT molecular complexity index is 1010. The fourth-order valence-electron chi connectivity index (χ4n) is 3.45. The largest absolute Gasteiger partial charge is 0.467 e. The number of nitrogens with zero attached hydrogens (tertiary/aromatic N) is 4. The van der Waals surface area contributed by atoms with E-state index in [1.807, 2.05) is 30.3 Å². The number of ether oxygens (including phenoxy) is 1. The third-order valence-corrected chi connectivity index (χ3v) is 5.18. The lowest BCUT2D eigenvalue weighted by molar-refractivity contribution is 0.0980. The van der Waals surface area contributed by atoms with Gasteiger partial charge >= 0.3 is 6.01 Å². The number of carbonyl (C=O) groups is 1. The first-order chi connectivity index (χ1) is 13.4. The van der Waals surface area contributed by atoms with E-state index in [0.717, 1.165) is 16.9 Å². The van der Waals surface area contributed by atoms with Gasteiger partial charge in [-0.3, -0.25) is 4.79 Å². The van der Waals surface area contributed by atoms with E-state index in [0.29, 0.717) is 24.2 Å². The molecule has 1 aliphatic rings. The van der Waals surface area contributed by atoms with Gasteiger partial charge in [0.25, 0.3) is 5.91 Å². The summed E-state index contributed by atoms with van der Waals surface area (Å²) in [5, 5.41) is 4.06. The molecule has 2 aromatic heterocycles. The van der Waals surface area contributed by atoms with Gasteiger partial charge in [-0.25, -0.2) is 0 Å². The fraction of sp³-hybridized carbons (Fsp3) is 0.300. The molecule has 1 amide bonds. The smallest absolute Gasteiger partial charge is 0.318 e. The number of nitrogen functional groups attached to an aromatic ring is 1. The number of nitrogens with two attached hydrogens (primary N) is 1. The fourth-order valence-corrected chi connectivity index (χ4v) is 3.45. The first-order valence-corrected chi connectivity index (χ1v) is 8.95. The third-order valence-electron chi connectivity index (χ3n) is 5.18. The van der Waals surface area contributed by atoms with Crippen molar-refractivity contribution in [3.63, 3.8) is 0 Å². The van der Waals surface area contributed by atoms with Crippen molar-refractivity contribution in [2.24, 2.45) is 0 Å². The Morgan fingerprint density at radius 1 is 1.18 bits per heavy atom. The van der Waals surface area contributed by atoms with E-state index in [9.17, 15) is 4.79 Å². The molecule has 3 heterocycles. The molecular formula is C20H21N5O3. The molecule has 0 bridgehead atoms. The monoisotopic (exact) mass is 379 g/mol. The van der Waals surface area contributed by atoms with Gasteiger partial charge in [0.15, 0.2) is 0 Å². The number of amides is 1. The highest BCUT2D eigenvalue weighted by Gasteiger charge is 2.31. The molecule has 0 saturated heterocycles. The van der Waals surface area contributed by atoms with Crippen molar-refractivity contribution in [1.29, 1.82) is 0 Å². The van der Waals surface area contributed by atoms with E-state index in [1.54, 1.807) is 11.2 Å². The minimum atomic E-state index is -0.307. The van der Waals surface area contributed by atoms with Crippen LogP contribution in [0.3, 0.4) is 0 Å². The van der Waals surface area contributed by atoms with Crippen LogP contribution in [0.15, 0.2) is 41.1 Å². The lowest BCUT2D eigenvalue weighted by Gasteiger charge is -2.29. The minimum absolute atomic E-state index is 0.139. The Balaban J connectivity index is 1.63. The standard InChI is InChI=1S/C20H21N5O3/c1-20(2,15-9-11-28-24-15)12-4-6-13(7-5-12)25-10-8-14-16(18(25)26)17(21)23-19(22-14)27-3/h4-7,9,11H,8,10H2,1-3H3,(H2,21,22,23). The Morgan fingerprint density at radius 2 is 1.93 bits per heavy atom. The summed E-state index contributed by atoms with van der Waals surface area (Å²) >= 11 is 0.